The van der Waals surface area contributed by atoms with Crippen molar-refractivity contribution in [2.75, 3.05) is 6.54 Å². The molecule has 1 atom stereocenters. The van der Waals surface area contributed by atoms with Crippen LogP contribution in [-0.2, 0) is 9.05 Å². The summed E-state index contributed by atoms with van der Waals surface area (Å²) >= 11 is 0. The maximum absolute atomic E-state index is 12.3. The minimum Gasteiger partial charge on any atom is -0.352 e. The second-order valence-electron chi connectivity index (χ2n) is 5.50. The van der Waals surface area contributed by atoms with Crippen molar-refractivity contribution in [2.24, 2.45) is 5.92 Å². The molecule has 0 spiro atoms. The van der Waals surface area contributed by atoms with Gasteiger partial charge in [0.05, 0.1) is 4.90 Å². The Balaban J connectivity index is 3.28. The second kappa shape index (κ2) is 6.79. The highest BCUT2D eigenvalue weighted by atomic mass is 35.7. The van der Waals surface area contributed by atoms with Crippen molar-refractivity contribution < 1.29 is 13.2 Å². The molecule has 1 rings (SSSR count). The van der Waals surface area contributed by atoms with Crippen LogP contribution in [0.5, 0.6) is 0 Å². The largest absolute Gasteiger partial charge is 0.352 e. The summed E-state index contributed by atoms with van der Waals surface area (Å²) in [6, 6.07) is 1.68. The molecule has 0 heterocycles. The molecule has 0 aliphatic heterocycles. The molecule has 0 saturated heterocycles. The summed E-state index contributed by atoms with van der Waals surface area (Å²) in [4.78, 5) is 12.4. The summed E-state index contributed by atoms with van der Waals surface area (Å²) in [6.07, 6.45) is 0.966. The quantitative estimate of drug-likeness (QED) is 0.842. The first-order valence-corrected chi connectivity index (χ1v) is 9.24. The number of benzene rings is 1. The number of halogens is 1. The van der Waals surface area contributed by atoms with E-state index in [2.05, 4.69) is 12.2 Å². The van der Waals surface area contributed by atoms with Crippen molar-refractivity contribution in [2.45, 2.75) is 45.9 Å². The molecule has 1 N–H and O–H groups in total. The Bertz CT molecular complexity index is 653. The van der Waals surface area contributed by atoms with Crippen molar-refractivity contribution in [3.8, 4) is 0 Å². The third-order valence-electron chi connectivity index (χ3n) is 3.68. The van der Waals surface area contributed by atoms with E-state index in [0.717, 1.165) is 12.0 Å². The molecule has 6 heteroatoms. The number of hydrogen-bond donors (Lipinski definition) is 1. The number of carbonyl (C=O) groups excluding carboxylic acids is 1. The highest BCUT2D eigenvalue weighted by molar-refractivity contribution is 8.13. The van der Waals surface area contributed by atoms with E-state index >= 15 is 0 Å². The lowest BCUT2D eigenvalue weighted by Gasteiger charge is -2.16. The summed E-state index contributed by atoms with van der Waals surface area (Å²) in [7, 11) is 1.61. The van der Waals surface area contributed by atoms with Gasteiger partial charge in [-0.25, -0.2) is 8.42 Å². The average molecular weight is 332 g/mol. The number of rotatable bonds is 5. The van der Waals surface area contributed by atoms with Gasteiger partial charge in [-0.1, -0.05) is 26.3 Å². The average Bonchev–Trinajstić information content (AvgIpc) is 2.33. The zero-order valence-electron chi connectivity index (χ0n) is 13.1. The predicted octanol–water partition coefficient (Wildman–Crippen LogP) is 3.32. The zero-order chi connectivity index (χ0) is 16.4. The Kier molecular flexibility index (Phi) is 5.82. The van der Waals surface area contributed by atoms with Crippen LogP contribution in [0, 0.1) is 26.7 Å². The van der Waals surface area contributed by atoms with Gasteiger partial charge in [-0.05, 0) is 43.4 Å². The third-order valence-corrected chi connectivity index (χ3v) is 5.26. The lowest BCUT2D eigenvalue weighted by molar-refractivity contribution is 0.0946. The molecule has 21 heavy (non-hydrogen) atoms. The molecule has 0 aromatic heterocycles. The molecule has 1 aromatic rings. The van der Waals surface area contributed by atoms with Gasteiger partial charge in [0, 0.05) is 22.8 Å². The molecule has 4 nitrogen and oxygen atoms in total. The Morgan fingerprint density at radius 1 is 1.29 bits per heavy atom. The molecule has 0 radical (unpaired) electrons. The van der Waals surface area contributed by atoms with Crippen LogP contribution < -0.4 is 5.32 Å². The van der Waals surface area contributed by atoms with E-state index in [1.807, 2.05) is 6.92 Å². The summed E-state index contributed by atoms with van der Waals surface area (Å²) in [5.74, 6) is 0.114. The van der Waals surface area contributed by atoms with E-state index in [4.69, 9.17) is 10.7 Å². The van der Waals surface area contributed by atoms with Crippen molar-refractivity contribution in [1.29, 1.82) is 0 Å². The van der Waals surface area contributed by atoms with Crippen LogP contribution in [0.25, 0.3) is 0 Å². The minimum atomic E-state index is -3.88. The van der Waals surface area contributed by atoms with E-state index in [1.54, 1.807) is 26.8 Å². The van der Waals surface area contributed by atoms with E-state index in [9.17, 15) is 13.2 Å². The molecule has 1 unspecified atom stereocenters. The number of aryl methyl sites for hydroxylation is 2. The lowest BCUT2D eigenvalue weighted by Crippen LogP contribution is -2.29. The van der Waals surface area contributed by atoms with Crippen molar-refractivity contribution in [1.82, 2.24) is 5.32 Å². The molecule has 0 fully saturated rings. The minimum absolute atomic E-state index is 0.0310. The van der Waals surface area contributed by atoms with Crippen LogP contribution in [-0.4, -0.2) is 20.9 Å². The summed E-state index contributed by atoms with van der Waals surface area (Å²) < 4.78 is 23.4. The Labute approximate surface area is 131 Å². The van der Waals surface area contributed by atoms with Gasteiger partial charge in [0.1, 0.15) is 0 Å². The third kappa shape index (κ3) is 4.20. The monoisotopic (exact) mass is 331 g/mol. The molecule has 118 valence electrons. The fourth-order valence-electron chi connectivity index (χ4n) is 2.39. The first kappa shape index (κ1) is 18.0. The summed E-state index contributed by atoms with van der Waals surface area (Å²) in [5.41, 5.74) is 2.10. The van der Waals surface area contributed by atoms with Crippen LogP contribution in [0.3, 0.4) is 0 Å². The smallest absolute Gasteiger partial charge is 0.261 e. The fourth-order valence-corrected chi connectivity index (χ4v) is 4.02. The molecule has 0 saturated carbocycles. The van der Waals surface area contributed by atoms with Gasteiger partial charge in [-0.2, -0.15) is 0 Å². The van der Waals surface area contributed by atoms with E-state index in [1.165, 1.54) is 0 Å². The maximum atomic E-state index is 12.3. The fraction of sp³-hybridized carbons (Fsp3) is 0.533. The van der Waals surface area contributed by atoms with Crippen molar-refractivity contribution in [3.05, 3.63) is 28.3 Å². The number of hydrogen-bond acceptors (Lipinski definition) is 3. The standard InChI is InChI=1S/C15H22ClNO3S/c1-6-9(2)8-17-15(18)13-10(3)7-11(4)14(12(13)5)21(16,19)20/h7,9H,6,8H2,1-5H3,(H,17,18). The normalized spacial score (nSPS) is 13.0. The Hall–Kier alpha value is -1.07. The summed E-state index contributed by atoms with van der Waals surface area (Å²) in [6.45, 7) is 9.75. The van der Waals surface area contributed by atoms with Gasteiger partial charge in [0.2, 0.25) is 0 Å². The zero-order valence-corrected chi connectivity index (χ0v) is 14.7. The van der Waals surface area contributed by atoms with Gasteiger partial charge in [0.25, 0.3) is 15.0 Å². The van der Waals surface area contributed by atoms with E-state index < -0.39 is 9.05 Å². The maximum Gasteiger partial charge on any atom is 0.261 e. The molecule has 0 bridgehead atoms. The molecule has 1 amide bonds. The van der Waals surface area contributed by atoms with Crippen molar-refractivity contribution >= 4 is 25.6 Å². The van der Waals surface area contributed by atoms with Crippen molar-refractivity contribution in [3.63, 3.8) is 0 Å². The molecular formula is C15H22ClNO3S. The molecule has 1 aromatic carbocycles. The first-order chi connectivity index (χ1) is 9.59. The van der Waals surface area contributed by atoms with Gasteiger partial charge in [-0.15, -0.1) is 0 Å². The second-order valence-corrected chi connectivity index (χ2v) is 8.00. The first-order valence-electron chi connectivity index (χ1n) is 6.93. The molecule has 0 aliphatic rings. The van der Waals surface area contributed by atoms with Crippen LogP contribution >= 0.6 is 10.7 Å². The van der Waals surface area contributed by atoms with Crippen LogP contribution in [0.2, 0.25) is 0 Å². The predicted molar refractivity (Wildman–Crippen MR) is 85.5 cm³/mol. The van der Waals surface area contributed by atoms with Gasteiger partial charge in [-0.3, -0.25) is 4.79 Å². The highest BCUT2D eigenvalue weighted by Gasteiger charge is 2.23. The highest BCUT2D eigenvalue weighted by Crippen LogP contribution is 2.28. The number of amides is 1. The van der Waals surface area contributed by atoms with Crippen LogP contribution in [0.1, 0.15) is 47.3 Å². The summed E-state index contributed by atoms with van der Waals surface area (Å²) in [5, 5.41) is 2.85. The Morgan fingerprint density at radius 3 is 2.33 bits per heavy atom. The van der Waals surface area contributed by atoms with E-state index in [-0.39, 0.29) is 10.8 Å². The molecular weight excluding hydrogens is 310 g/mol. The topological polar surface area (TPSA) is 63.2 Å². The van der Waals surface area contributed by atoms with Gasteiger partial charge < -0.3 is 5.32 Å². The van der Waals surface area contributed by atoms with Gasteiger partial charge in [0.15, 0.2) is 0 Å². The number of nitrogens with one attached hydrogen (secondary N) is 1. The SMILES string of the molecule is CCC(C)CNC(=O)c1c(C)cc(C)c(S(=O)(=O)Cl)c1C. The number of carbonyl (C=O) groups is 1. The van der Waals surface area contributed by atoms with Crippen LogP contribution in [0.15, 0.2) is 11.0 Å². The molecule has 0 aliphatic carbocycles. The van der Waals surface area contributed by atoms with Crippen LogP contribution in [0.4, 0.5) is 0 Å². The lowest BCUT2D eigenvalue weighted by atomic mass is 9.98. The van der Waals surface area contributed by atoms with E-state index in [0.29, 0.717) is 29.2 Å². The Morgan fingerprint density at radius 2 is 1.86 bits per heavy atom. The van der Waals surface area contributed by atoms with Gasteiger partial charge >= 0.3 is 0 Å².